The van der Waals surface area contributed by atoms with Crippen LogP contribution in [0.3, 0.4) is 0 Å². The molecule has 0 saturated carbocycles. The van der Waals surface area contributed by atoms with E-state index >= 15 is 0 Å². The van der Waals surface area contributed by atoms with Gasteiger partial charge in [0.15, 0.2) is 0 Å². The van der Waals surface area contributed by atoms with Gasteiger partial charge >= 0.3 is 0 Å². The van der Waals surface area contributed by atoms with Crippen LogP contribution in [0.1, 0.15) is 12.8 Å². The van der Waals surface area contributed by atoms with E-state index in [9.17, 15) is 5.11 Å². The molecule has 2 N–H and O–H groups in total. The van der Waals surface area contributed by atoms with Crippen molar-refractivity contribution >= 4 is 5.69 Å². The third-order valence-corrected chi connectivity index (χ3v) is 3.55. The topological polar surface area (TPSA) is 44.7 Å². The SMILES string of the molecule is COc1cccc(NC2(CO)CCCN(C)C2)c1. The number of rotatable bonds is 4. The van der Waals surface area contributed by atoms with Crippen LogP contribution in [0.2, 0.25) is 0 Å². The van der Waals surface area contributed by atoms with Crippen LogP contribution in [-0.2, 0) is 0 Å². The Labute approximate surface area is 109 Å². The molecule has 18 heavy (non-hydrogen) atoms. The number of hydrogen-bond acceptors (Lipinski definition) is 4. The zero-order valence-electron chi connectivity index (χ0n) is 11.1. The van der Waals surface area contributed by atoms with E-state index in [1.165, 1.54) is 0 Å². The Hall–Kier alpha value is -1.26. The van der Waals surface area contributed by atoms with Crippen LogP contribution in [0.15, 0.2) is 24.3 Å². The summed E-state index contributed by atoms with van der Waals surface area (Å²) in [6.07, 6.45) is 2.10. The quantitative estimate of drug-likeness (QED) is 0.851. The first-order chi connectivity index (χ1) is 8.67. The average Bonchev–Trinajstić information content (AvgIpc) is 2.39. The second-order valence-corrected chi connectivity index (χ2v) is 5.14. The van der Waals surface area contributed by atoms with Crippen molar-refractivity contribution in [3.63, 3.8) is 0 Å². The Bertz CT molecular complexity index is 397. The number of piperidine rings is 1. The molecule has 1 fully saturated rings. The van der Waals surface area contributed by atoms with Gasteiger partial charge in [-0.1, -0.05) is 6.07 Å². The maximum atomic E-state index is 9.73. The Morgan fingerprint density at radius 2 is 2.33 bits per heavy atom. The smallest absolute Gasteiger partial charge is 0.120 e. The number of benzene rings is 1. The summed E-state index contributed by atoms with van der Waals surface area (Å²) in [5.74, 6) is 0.831. The molecule has 0 amide bonds. The van der Waals surface area contributed by atoms with Gasteiger partial charge in [-0.15, -0.1) is 0 Å². The lowest BCUT2D eigenvalue weighted by Gasteiger charge is -2.41. The van der Waals surface area contributed by atoms with E-state index in [0.717, 1.165) is 37.4 Å². The van der Waals surface area contributed by atoms with E-state index in [1.54, 1.807) is 7.11 Å². The highest BCUT2D eigenvalue weighted by atomic mass is 16.5. The van der Waals surface area contributed by atoms with Gasteiger partial charge in [0.05, 0.1) is 19.3 Å². The highest BCUT2D eigenvalue weighted by molar-refractivity contribution is 5.50. The molecule has 4 nitrogen and oxygen atoms in total. The summed E-state index contributed by atoms with van der Waals surface area (Å²) in [5.41, 5.74) is 0.762. The summed E-state index contributed by atoms with van der Waals surface area (Å²) in [4.78, 5) is 2.26. The van der Waals surface area contributed by atoms with Crippen LogP contribution in [0, 0.1) is 0 Å². The monoisotopic (exact) mass is 250 g/mol. The highest BCUT2D eigenvalue weighted by Crippen LogP contribution is 2.26. The molecule has 1 aliphatic heterocycles. The number of methoxy groups -OCH3 is 1. The lowest BCUT2D eigenvalue weighted by atomic mass is 9.89. The van der Waals surface area contributed by atoms with Crippen molar-refractivity contribution in [2.24, 2.45) is 0 Å². The van der Waals surface area contributed by atoms with Gasteiger partial charge < -0.3 is 20.1 Å². The molecule has 1 atom stereocenters. The first-order valence-electron chi connectivity index (χ1n) is 6.39. The molecule has 1 saturated heterocycles. The molecule has 100 valence electrons. The molecule has 1 aliphatic rings. The predicted octanol–water partition coefficient (Wildman–Crippen LogP) is 1.56. The molecular formula is C14H22N2O2. The van der Waals surface area contributed by atoms with Crippen LogP contribution < -0.4 is 10.1 Å². The fourth-order valence-electron chi connectivity index (χ4n) is 2.64. The summed E-state index contributed by atoms with van der Waals surface area (Å²) < 4.78 is 5.22. The summed E-state index contributed by atoms with van der Waals surface area (Å²) in [7, 11) is 3.76. The number of hydrogen-bond donors (Lipinski definition) is 2. The zero-order chi connectivity index (χ0) is 13.0. The van der Waals surface area contributed by atoms with E-state index in [1.807, 2.05) is 24.3 Å². The first-order valence-corrected chi connectivity index (χ1v) is 6.39. The van der Waals surface area contributed by atoms with Crippen LogP contribution in [-0.4, -0.2) is 49.4 Å². The standard InChI is InChI=1S/C14H22N2O2/c1-16-8-4-7-14(10-16,11-17)15-12-5-3-6-13(9-12)18-2/h3,5-6,9,15,17H,4,7-8,10-11H2,1-2H3. The number of nitrogens with zero attached hydrogens (tertiary/aromatic N) is 1. The Balaban J connectivity index is 2.13. The summed E-state index contributed by atoms with van der Waals surface area (Å²) >= 11 is 0. The van der Waals surface area contributed by atoms with Crippen LogP contribution in [0.4, 0.5) is 5.69 Å². The number of nitrogens with one attached hydrogen (secondary N) is 1. The molecule has 0 aliphatic carbocycles. The maximum absolute atomic E-state index is 9.73. The van der Waals surface area contributed by atoms with Crippen LogP contribution in [0.25, 0.3) is 0 Å². The largest absolute Gasteiger partial charge is 0.497 e. The van der Waals surface area contributed by atoms with Crippen molar-refractivity contribution < 1.29 is 9.84 Å². The average molecular weight is 250 g/mol. The Kier molecular flexibility index (Phi) is 4.09. The van der Waals surface area contributed by atoms with Crippen molar-refractivity contribution in [2.75, 3.05) is 39.2 Å². The van der Waals surface area contributed by atoms with Gasteiger partial charge in [-0.3, -0.25) is 0 Å². The second-order valence-electron chi connectivity index (χ2n) is 5.14. The number of aliphatic hydroxyl groups is 1. The van der Waals surface area contributed by atoms with E-state index in [2.05, 4.69) is 17.3 Å². The summed E-state index contributed by atoms with van der Waals surface area (Å²) in [6.45, 7) is 2.11. The molecule has 1 aromatic rings. The van der Waals surface area contributed by atoms with Crippen LogP contribution >= 0.6 is 0 Å². The molecule has 1 unspecified atom stereocenters. The van der Waals surface area contributed by atoms with Gasteiger partial charge in [0.25, 0.3) is 0 Å². The molecule has 1 aromatic carbocycles. The van der Waals surface area contributed by atoms with Gasteiger partial charge in [-0.2, -0.15) is 0 Å². The van der Waals surface area contributed by atoms with E-state index in [-0.39, 0.29) is 12.1 Å². The Morgan fingerprint density at radius 1 is 1.50 bits per heavy atom. The van der Waals surface area contributed by atoms with Crippen molar-refractivity contribution in [1.29, 1.82) is 0 Å². The van der Waals surface area contributed by atoms with Crippen molar-refractivity contribution in [1.82, 2.24) is 4.90 Å². The van der Waals surface area contributed by atoms with Gasteiger partial charge in [-0.05, 0) is 38.6 Å². The normalized spacial score (nSPS) is 24.8. The third kappa shape index (κ3) is 2.94. The van der Waals surface area contributed by atoms with E-state index in [0.29, 0.717) is 0 Å². The van der Waals surface area contributed by atoms with Crippen LogP contribution in [0.5, 0.6) is 5.75 Å². The molecule has 4 heteroatoms. The maximum Gasteiger partial charge on any atom is 0.120 e. The lowest BCUT2D eigenvalue weighted by Crippen LogP contribution is -2.54. The van der Waals surface area contributed by atoms with Gasteiger partial charge in [0.2, 0.25) is 0 Å². The zero-order valence-corrected chi connectivity index (χ0v) is 11.1. The molecule has 0 bridgehead atoms. The molecular weight excluding hydrogens is 228 g/mol. The van der Waals surface area contributed by atoms with Gasteiger partial charge in [0.1, 0.15) is 5.75 Å². The predicted molar refractivity (Wildman–Crippen MR) is 73.2 cm³/mol. The number of aliphatic hydroxyl groups excluding tert-OH is 1. The molecule has 0 spiro atoms. The molecule has 2 rings (SSSR count). The van der Waals surface area contributed by atoms with E-state index in [4.69, 9.17) is 4.74 Å². The summed E-state index contributed by atoms with van der Waals surface area (Å²) in [6, 6.07) is 7.85. The number of likely N-dealkylation sites (N-methyl/N-ethyl adjacent to an activating group) is 1. The van der Waals surface area contributed by atoms with E-state index < -0.39 is 0 Å². The van der Waals surface area contributed by atoms with Gasteiger partial charge in [-0.25, -0.2) is 0 Å². The Morgan fingerprint density at radius 3 is 3.00 bits per heavy atom. The number of anilines is 1. The van der Waals surface area contributed by atoms with Gasteiger partial charge in [0, 0.05) is 18.3 Å². The minimum Gasteiger partial charge on any atom is -0.497 e. The molecule has 0 aromatic heterocycles. The molecule has 0 radical (unpaired) electrons. The number of ether oxygens (including phenoxy) is 1. The summed E-state index contributed by atoms with van der Waals surface area (Å²) in [5, 5.41) is 13.2. The first kappa shape index (κ1) is 13.2. The molecule has 1 heterocycles. The highest BCUT2D eigenvalue weighted by Gasteiger charge is 2.33. The minimum atomic E-state index is -0.237. The second kappa shape index (κ2) is 5.59. The van der Waals surface area contributed by atoms with Crippen molar-refractivity contribution in [3.05, 3.63) is 24.3 Å². The minimum absolute atomic E-state index is 0.147. The fourth-order valence-corrected chi connectivity index (χ4v) is 2.64. The van der Waals surface area contributed by atoms with Crippen molar-refractivity contribution in [3.8, 4) is 5.75 Å². The lowest BCUT2D eigenvalue weighted by molar-refractivity contribution is 0.124. The van der Waals surface area contributed by atoms with Crippen molar-refractivity contribution in [2.45, 2.75) is 18.4 Å². The number of likely N-dealkylation sites (tertiary alicyclic amines) is 1. The third-order valence-electron chi connectivity index (χ3n) is 3.55. The fraction of sp³-hybridized carbons (Fsp3) is 0.571.